The Balaban J connectivity index is 1.70. The zero-order valence-corrected chi connectivity index (χ0v) is 11.0. The van der Waals surface area contributed by atoms with E-state index in [9.17, 15) is 0 Å². The molecule has 1 heterocycles. The molecule has 0 amide bonds. The number of hydrogen-bond donors (Lipinski definition) is 1. The molecule has 0 radical (unpaired) electrons. The van der Waals surface area contributed by atoms with E-state index in [0.717, 1.165) is 18.6 Å². The van der Waals surface area contributed by atoms with E-state index in [1.165, 1.54) is 22.0 Å². The Morgan fingerprint density at radius 3 is 2.42 bits per heavy atom. The van der Waals surface area contributed by atoms with Gasteiger partial charge in [0.1, 0.15) is 5.75 Å². The number of aromatic nitrogens is 1. The number of hydrogen-bond acceptors (Lipinski definition) is 1. The molecule has 1 N–H and O–H groups in total. The molecule has 96 valence electrons. The Labute approximate surface area is 113 Å². The summed E-state index contributed by atoms with van der Waals surface area (Å²) in [7, 11) is 1.70. The van der Waals surface area contributed by atoms with Crippen molar-refractivity contribution in [3.05, 3.63) is 65.9 Å². The van der Waals surface area contributed by atoms with Crippen molar-refractivity contribution in [2.24, 2.45) is 0 Å². The Morgan fingerprint density at radius 1 is 0.895 bits per heavy atom. The molecule has 0 saturated carbocycles. The van der Waals surface area contributed by atoms with Crippen LogP contribution in [0.2, 0.25) is 0 Å². The second kappa shape index (κ2) is 5.19. The maximum absolute atomic E-state index is 5.17. The minimum absolute atomic E-state index is 0.914. The van der Waals surface area contributed by atoms with Gasteiger partial charge in [-0.15, -0.1) is 0 Å². The lowest BCUT2D eigenvalue weighted by atomic mass is 10.0. The first-order valence-corrected chi connectivity index (χ1v) is 6.54. The minimum atomic E-state index is 0.914. The van der Waals surface area contributed by atoms with Crippen LogP contribution < -0.4 is 4.74 Å². The summed E-state index contributed by atoms with van der Waals surface area (Å²) in [6.07, 6.45) is 4.10. The predicted octanol–water partition coefficient (Wildman–Crippen LogP) is 3.96. The van der Waals surface area contributed by atoms with Crippen LogP contribution in [0.1, 0.15) is 11.1 Å². The number of H-pyrrole nitrogens is 1. The quantitative estimate of drug-likeness (QED) is 0.746. The summed E-state index contributed by atoms with van der Waals surface area (Å²) in [4.78, 5) is 3.22. The second-order valence-electron chi connectivity index (χ2n) is 4.75. The Hall–Kier alpha value is -2.22. The highest BCUT2D eigenvalue weighted by Crippen LogP contribution is 2.17. The summed E-state index contributed by atoms with van der Waals surface area (Å²) in [5, 5.41) is 1.28. The fourth-order valence-electron chi connectivity index (χ4n) is 2.34. The van der Waals surface area contributed by atoms with E-state index in [-0.39, 0.29) is 0 Å². The van der Waals surface area contributed by atoms with Gasteiger partial charge >= 0.3 is 0 Å². The van der Waals surface area contributed by atoms with E-state index in [1.54, 1.807) is 7.11 Å². The summed E-state index contributed by atoms with van der Waals surface area (Å²) < 4.78 is 5.17. The topological polar surface area (TPSA) is 25.0 Å². The third-order valence-corrected chi connectivity index (χ3v) is 3.48. The molecule has 3 aromatic rings. The van der Waals surface area contributed by atoms with Gasteiger partial charge in [-0.3, -0.25) is 0 Å². The van der Waals surface area contributed by atoms with Crippen molar-refractivity contribution < 1.29 is 4.74 Å². The van der Waals surface area contributed by atoms with Crippen LogP contribution in [-0.4, -0.2) is 12.1 Å². The maximum Gasteiger partial charge on any atom is 0.118 e. The fourth-order valence-corrected chi connectivity index (χ4v) is 2.34. The SMILES string of the molecule is COc1ccc(CCc2ccc3[nH]ccc3c2)cc1. The van der Waals surface area contributed by atoms with Crippen molar-refractivity contribution in [1.82, 2.24) is 4.98 Å². The average Bonchev–Trinajstić information content (AvgIpc) is 2.93. The van der Waals surface area contributed by atoms with Gasteiger partial charge in [0.05, 0.1) is 7.11 Å². The lowest BCUT2D eigenvalue weighted by molar-refractivity contribution is 0.414. The third kappa shape index (κ3) is 2.63. The van der Waals surface area contributed by atoms with Crippen LogP contribution >= 0.6 is 0 Å². The molecule has 2 heteroatoms. The lowest BCUT2D eigenvalue weighted by Gasteiger charge is -2.04. The van der Waals surface area contributed by atoms with Crippen LogP contribution in [0.4, 0.5) is 0 Å². The molecule has 0 spiro atoms. The molecule has 19 heavy (non-hydrogen) atoms. The van der Waals surface area contributed by atoms with Gasteiger partial charge in [0.25, 0.3) is 0 Å². The summed E-state index contributed by atoms with van der Waals surface area (Å²) in [6, 6.07) is 17.0. The Bertz CT molecular complexity index is 667. The summed E-state index contributed by atoms with van der Waals surface area (Å²) in [5.74, 6) is 0.914. The van der Waals surface area contributed by atoms with Gasteiger partial charge < -0.3 is 9.72 Å². The monoisotopic (exact) mass is 251 g/mol. The molecule has 0 atom stereocenters. The van der Waals surface area contributed by atoms with E-state index in [1.807, 2.05) is 18.3 Å². The molecule has 0 aliphatic carbocycles. The second-order valence-corrected chi connectivity index (χ2v) is 4.75. The highest BCUT2D eigenvalue weighted by molar-refractivity contribution is 5.79. The number of aryl methyl sites for hydroxylation is 2. The largest absolute Gasteiger partial charge is 0.497 e. The maximum atomic E-state index is 5.17. The number of ether oxygens (including phenoxy) is 1. The van der Waals surface area contributed by atoms with Crippen LogP contribution in [0.15, 0.2) is 54.7 Å². The van der Waals surface area contributed by atoms with E-state index >= 15 is 0 Å². The molecular formula is C17H17NO. The van der Waals surface area contributed by atoms with Crippen LogP contribution in [0.5, 0.6) is 5.75 Å². The van der Waals surface area contributed by atoms with E-state index in [4.69, 9.17) is 4.74 Å². The van der Waals surface area contributed by atoms with Crippen molar-refractivity contribution in [2.45, 2.75) is 12.8 Å². The van der Waals surface area contributed by atoms with E-state index in [0.29, 0.717) is 0 Å². The zero-order chi connectivity index (χ0) is 13.1. The van der Waals surface area contributed by atoms with Crippen LogP contribution in [0.25, 0.3) is 10.9 Å². The van der Waals surface area contributed by atoms with Gasteiger partial charge in [0.2, 0.25) is 0 Å². The summed E-state index contributed by atoms with van der Waals surface area (Å²) >= 11 is 0. The number of rotatable bonds is 4. The third-order valence-electron chi connectivity index (χ3n) is 3.48. The van der Waals surface area contributed by atoms with Gasteiger partial charge in [-0.2, -0.15) is 0 Å². The molecule has 0 fully saturated rings. The Morgan fingerprint density at radius 2 is 1.63 bits per heavy atom. The van der Waals surface area contributed by atoms with Gasteiger partial charge in [-0.1, -0.05) is 18.2 Å². The summed E-state index contributed by atoms with van der Waals surface area (Å²) in [5.41, 5.74) is 3.92. The smallest absolute Gasteiger partial charge is 0.118 e. The molecule has 0 aliphatic heterocycles. The molecule has 0 bridgehead atoms. The first-order valence-electron chi connectivity index (χ1n) is 6.54. The lowest BCUT2D eigenvalue weighted by Crippen LogP contribution is -1.91. The first-order chi connectivity index (χ1) is 9.35. The number of fused-ring (bicyclic) bond motifs is 1. The molecule has 3 rings (SSSR count). The fraction of sp³-hybridized carbons (Fsp3) is 0.176. The van der Waals surface area contributed by atoms with Gasteiger partial charge in [0, 0.05) is 11.7 Å². The van der Waals surface area contributed by atoms with Crippen molar-refractivity contribution >= 4 is 10.9 Å². The first kappa shape index (κ1) is 11.8. The van der Waals surface area contributed by atoms with E-state index in [2.05, 4.69) is 41.4 Å². The van der Waals surface area contributed by atoms with Gasteiger partial charge in [-0.25, -0.2) is 0 Å². The molecule has 1 aromatic heterocycles. The van der Waals surface area contributed by atoms with E-state index < -0.39 is 0 Å². The summed E-state index contributed by atoms with van der Waals surface area (Å²) in [6.45, 7) is 0. The predicted molar refractivity (Wildman–Crippen MR) is 78.7 cm³/mol. The molecule has 2 aromatic carbocycles. The number of nitrogens with one attached hydrogen (secondary N) is 1. The normalized spacial score (nSPS) is 10.8. The standard InChI is InChI=1S/C17H17NO/c1-19-16-7-4-13(5-8-16)2-3-14-6-9-17-15(12-14)10-11-18-17/h4-12,18H,2-3H2,1H3. The molecule has 2 nitrogen and oxygen atoms in total. The zero-order valence-electron chi connectivity index (χ0n) is 11.0. The van der Waals surface area contributed by atoms with Crippen LogP contribution in [0, 0.1) is 0 Å². The highest BCUT2D eigenvalue weighted by atomic mass is 16.5. The van der Waals surface area contributed by atoms with Gasteiger partial charge in [0.15, 0.2) is 0 Å². The van der Waals surface area contributed by atoms with Crippen molar-refractivity contribution in [3.8, 4) is 5.75 Å². The number of aromatic amines is 1. The van der Waals surface area contributed by atoms with Crippen LogP contribution in [0.3, 0.4) is 0 Å². The molecule has 0 aliphatic rings. The average molecular weight is 251 g/mol. The molecular weight excluding hydrogens is 234 g/mol. The molecule has 0 unspecified atom stereocenters. The minimum Gasteiger partial charge on any atom is -0.497 e. The van der Waals surface area contributed by atoms with Crippen LogP contribution in [-0.2, 0) is 12.8 Å². The van der Waals surface area contributed by atoms with Crippen molar-refractivity contribution in [1.29, 1.82) is 0 Å². The Kier molecular flexibility index (Phi) is 3.23. The van der Waals surface area contributed by atoms with Crippen molar-refractivity contribution in [3.63, 3.8) is 0 Å². The van der Waals surface area contributed by atoms with Crippen molar-refractivity contribution in [2.75, 3.05) is 7.11 Å². The number of benzene rings is 2. The molecule has 0 saturated heterocycles. The van der Waals surface area contributed by atoms with Gasteiger partial charge in [-0.05, 0) is 59.7 Å². The number of methoxy groups -OCH3 is 1. The highest BCUT2D eigenvalue weighted by Gasteiger charge is 1.99.